The molecule has 1 unspecified atom stereocenters. The fourth-order valence-electron chi connectivity index (χ4n) is 1.23. The lowest BCUT2D eigenvalue weighted by Crippen LogP contribution is -2.19. The minimum Gasteiger partial charge on any atom is -0.399 e. The SMILES string of the molecule is COC(C)CNc1cc(N)cc(S(N)(=O)=O)c1. The highest BCUT2D eigenvalue weighted by molar-refractivity contribution is 7.89. The van der Waals surface area contributed by atoms with Gasteiger partial charge in [0.25, 0.3) is 0 Å². The van der Waals surface area contributed by atoms with E-state index in [1.807, 2.05) is 6.92 Å². The Kier molecular flexibility index (Phi) is 4.33. The van der Waals surface area contributed by atoms with Crippen molar-refractivity contribution in [3.63, 3.8) is 0 Å². The summed E-state index contributed by atoms with van der Waals surface area (Å²) in [5.74, 6) is 0. The highest BCUT2D eigenvalue weighted by Crippen LogP contribution is 2.19. The van der Waals surface area contributed by atoms with Gasteiger partial charge in [-0.05, 0) is 25.1 Å². The summed E-state index contributed by atoms with van der Waals surface area (Å²) in [4.78, 5) is -0.00919. The number of primary sulfonamides is 1. The van der Waals surface area contributed by atoms with Crippen molar-refractivity contribution in [1.82, 2.24) is 0 Å². The molecule has 1 atom stereocenters. The average molecular weight is 259 g/mol. The molecule has 0 aliphatic carbocycles. The van der Waals surface area contributed by atoms with E-state index >= 15 is 0 Å². The number of anilines is 2. The highest BCUT2D eigenvalue weighted by Gasteiger charge is 2.10. The largest absolute Gasteiger partial charge is 0.399 e. The second-order valence-electron chi connectivity index (χ2n) is 3.76. The van der Waals surface area contributed by atoms with Gasteiger partial charge in [0.05, 0.1) is 11.0 Å². The zero-order chi connectivity index (χ0) is 13.1. The van der Waals surface area contributed by atoms with E-state index in [0.717, 1.165) is 0 Å². The summed E-state index contributed by atoms with van der Waals surface area (Å²) in [7, 11) is -2.14. The van der Waals surface area contributed by atoms with Gasteiger partial charge in [0.1, 0.15) is 0 Å². The normalized spacial score (nSPS) is 13.4. The van der Waals surface area contributed by atoms with E-state index in [1.165, 1.54) is 12.1 Å². The zero-order valence-electron chi connectivity index (χ0n) is 9.80. The Morgan fingerprint density at radius 3 is 2.59 bits per heavy atom. The zero-order valence-corrected chi connectivity index (χ0v) is 10.6. The topological polar surface area (TPSA) is 107 Å². The number of benzene rings is 1. The molecule has 0 saturated carbocycles. The summed E-state index contributed by atoms with van der Waals surface area (Å²) in [6.45, 7) is 2.43. The molecule has 1 rings (SSSR count). The molecule has 0 amide bonds. The van der Waals surface area contributed by atoms with Crippen LogP contribution in [0.4, 0.5) is 11.4 Å². The van der Waals surface area contributed by atoms with Crippen molar-refractivity contribution >= 4 is 21.4 Å². The Labute approximate surface area is 101 Å². The van der Waals surface area contributed by atoms with E-state index in [4.69, 9.17) is 15.6 Å². The predicted octanol–water partition coefficient (Wildman–Crippen LogP) is 0.363. The van der Waals surface area contributed by atoms with Crippen molar-refractivity contribution in [3.05, 3.63) is 18.2 Å². The molecule has 1 aromatic carbocycles. The Morgan fingerprint density at radius 2 is 2.06 bits per heavy atom. The van der Waals surface area contributed by atoms with Crippen molar-refractivity contribution in [1.29, 1.82) is 0 Å². The Morgan fingerprint density at radius 1 is 1.41 bits per heavy atom. The van der Waals surface area contributed by atoms with Crippen LogP contribution < -0.4 is 16.2 Å². The molecule has 0 saturated heterocycles. The molecular weight excluding hydrogens is 242 g/mol. The molecule has 0 heterocycles. The van der Waals surface area contributed by atoms with Crippen molar-refractivity contribution in [3.8, 4) is 0 Å². The van der Waals surface area contributed by atoms with Gasteiger partial charge in [-0.1, -0.05) is 0 Å². The van der Waals surface area contributed by atoms with Crippen LogP contribution in [-0.4, -0.2) is 28.2 Å². The van der Waals surface area contributed by atoms with Crippen molar-refractivity contribution in [2.75, 3.05) is 24.7 Å². The fourth-order valence-corrected chi connectivity index (χ4v) is 1.82. The number of methoxy groups -OCH3 is 1. The van der Waals surface area contributed by atoms with Crippen LogP contribution in [0.3, 0.4) is 0 Å². The van der Waals surface area contributed by atoms with Gasteiger partial charge in [0, 0.05) is 25.0 Å². The molecule has 0 spiro atoms. The first kappa shape index (κ1) is 13.8. The van der Waals surface area contributed by atoms with E-state index in [-0.39, 0.29) is 11.0 Å². The molecular formula is C10H17N3O3S. The highest BCUT2D eigenvalue weighted by atomic mass is 32.2. The van der Waals surface area contributed by atoms with Gasteiger partial charge in [-0.25, -0.2) is 13.6 Å². The van der Waals surface area contributed by atoms with Gasteiger partial charge in [-0.2, -0.15) is 0 Å². The lowest BCUT2D eigenvalue weighted by Gasteiger charge is -2.13. The Bertz CT molecular complexity index is 488. The molecule has 96 valence electrons. The molecule has 6 nitrogen and oxygen atoms in total. The quantitative estimate of drug-likeness (QED) is 0.662. The lowest BCUT2D eigenvalue weighted by atomic mass is 10.2. The minimum atomic E-state index is -3.74. The summed E-state index contributed by atoms with van der Waals surface area (Å²) < 4.78 is 27.5. The monoisotopic (exact) mass is 259 g/mol. The van der Waals surface area contributed by atoms with Crippen molar-refractivity contribution in [2.45, 2.75) is 17.9 Å². The fraction of sp³-hybridized carbons (Fsp3) is 0.400. The second-order valence-corrected chi connectivity index (χ2v) is 5.32. The van der Waals surface area contributed by atoms with E-state index < -0.39 is 10.0 Å². The number of nitrogens with one attached hydrogen (secondary N) is 1. The summed E-state index contributed by atoms with van der Waals surface area (Å²) in [5.41, 5.74) is 6.54. The van der Waals surface area contributed by atoms with Crippen LogP contribution in [0.15, 0.2) is 23.1 Å². The number of hydrogen-bond donors (Lipinski definition) is 3. The minimum absolute atomic E-state index is 0.00867. The molecule has 0 fully saturated rings. The van der Waals surface area contributed by atoms with E-state index in [1.54, 1.807) is 13.2 Å². The number of nitrogens with two attached hydrogens (primary N) is 2. The van der Waals surface area contributed by atoms with Crippen LogP contribution in [0.1, 0.15) is 6.92 Å². The molecule has 0 bridgehead atoms. The molecule has 0 radical (unpaired) electrons. The maximum Gasteiger partial charge on any atom is 0.238 e. The first-order chi connectivity index (χ1) is 7.82. The summed E-state index contributed by atoms with van der Waals surface area (Å²) in [6.07, 6.45) is 0.00867. The molecule has 5 N–H and O–H groups in total. The van der Waals surface area contributed by atoms with Crippen LogP contribution in [-0.2, 0) is 14.8 Å². The van der Waals surface area contributed by atoms with Crippen molar-refractivity contribution in [2.24, 2.45) is 5.14 Å². The smallest absolute Gasteiger partial charge is 0.238 e. The molecule has 1 aromatic rings. The van der Waals surface area contributed by atoms with Crippen molar-refractivity contribution < 1.29 is 13.2 Å². The van der Waals surface area contributed by atoms with E-state index in [0.29, 0.717) is 17.9 Å². The maximum atomic E-state index is 11.2. The molecule has 0 aliphatic rings. The maximum absolute atomic E-state index is 11.2. The van der Waals surface area contributed by atoms with E-state index in [9.17, 15) is 8.42 Å². The van der Waals surface area contributed by atoms with E-state index in [2.05, 4.69) is 5.32 Å². The average Bonchev–Trinajstić information content (AvgIpc) is 2.24. The van der Waals surface area contributed by atoms with Gasteiger partial charge in [-0.15, -0.1) is 0 Å². The third kappa shape index (κ3) is 4.22. The number of rotatable bonds is 5. The molecule has 0 aliphatic heterocycles. The number of nitrogen functional groups attached to an aromatic ring is 1. The summed E-state index contributed by atoms with van der Waals surface area (Å²) in [5, 5.41) is 8.06. The molecule has 17 heavy (non-hydrogen) atoms. The van der Waals surface area contributed by atoms with Gasteiger partial charge >= 0.3 is 0 Å². The van der Waals surface area contributed by atoms with Gasteiger partial charge in [0.2, 0.25) is 10.0 Å². The predicted molar refractivity (Wildman–Crippen MR) is 67.2 cm³/mol. The molecule has 7 heteroatoms. The van der Waals surface area contributed by atoms with Gasteiger partial charge in [-0.3, -0.25) is 0 Å². The Balaban J connectivity index is 2.91. The second kappa shape index (κ2) is 5.35. The first-order valence-electron chi connectivity index (χ1n) is 5.03. The van der Waals surface area contributed by atoms with Gasteiger partial charge in [0.15, 0.2) is 0 Å². The number of ether oxygens (including phenoxy) is 1. The van der Waals surface area contributed by atoms with Gasteiger partial charge < -0.3 is 15.8 Å². The third-order valence-corrected chi connectivity index (χ3v) is 3.15. The third-order valence-electron chi connectivity index (χ3n) is 2.25. The van der Waals surface area contributed by atoms with Crippen LogP contribution in [0.2, 0.25) is 0 Å². The first-order valence-corrected chi connectivity index (χ1v) is 6.57. The Hall–Kier alpha value is -1.31. The van der Waals surface area contributed by atoms with Crippen LogP contribution in [0.25, 0.3) is 0 Å². The standard InChI is InChI=1S/C10H17N3O3S/c1-7(16-2)6-13-9-3-8(11)4-10(5-9)17(12,14)15/h3-5,7,13H,6,11H2,1-2H3,(H2,12,14,15). The summed E-state index contributed by atoms with van der Waals surface area (Å²) in [6, 6.07) is 4.39. The van der Waals surface area contributed by atoms with Crippen LogP contribution in [0, 0.1) is 0 Å². The molecule has 0 aromatic heterocycles. The van der Waals surface area contributed by atoms with Crippen LogP contribution >= 0.6 is 0 Å². The number of sulfonamides is 1. The lowest BCUT2D eigenvalue weighted by molar-refractivity contribution is 0.129. The number of hydrogen-bond acceptors (Lipinski definition) is 5. The summed E-state index contributed by atoms with van der Waals surface area (Å²) >= 11 is 0. The van der Waals surface area contributed by atoms with Crippen LogP contribution in [0.5, 0.6) is 0 Å².